The third-order valence-corrected chi connectivity index (χ3v) is 8.15. The van der Waals surface area contributed by atoms with Gasteiger partial charge in [0.1, 0.15) is 12.6 Å². The molecule has 0 fully saturated rings. The number of hydrogen-bond acceptors (Lipinski definition) is 4. The highest BCUT2D eigenvalue weighted by Gasteiger charge is 2.33. The molecule has 10 heteroatoms. The van der Waals surface area contributed by atoms with Gasteiger partial charge in [-0.25, -0.2) is 8.42 Å². The Kier molecular flexibility index (Phi) is 10.8. The fourth-order valence-corrected chi connectivity index (χ4v) is 5.42. The first-order valence-electron chi connectivity index (χ1n) is 12.1. The van der Waals surface area contributed by atoms with Crippen molar-refractivity contribution in [2.24, 2.45) is 0 Å². The summed E-state index contributed by atoms with van der Waals surface area (Å²) >= 11 is 5.57. The van der Waals surface area contributed by atoms with E-state index in [0.29, 0.717) is 5.69 Å². The maximum atomic E-state index is 14.0. The molecule has 0 aliphatic rings. The number of halogens is 2. The molecule has 3 rings (SSSR count). The van der Waals surface area contributed by atoms with Crippen molar-refractivity contribution in [3.05, 3.63) is 98.0 Å². The molecule has 0 spiro atoms. The molecule has 1 N–H and O–H groups in total. The van der Waals surface area contributed by atoms with E-state index in [9.17, 15) is 18.0 Å². The summed E-state index contributed by atoms with van der Waals surface area (Å²) in [5.74, 6) is -0.772. The van der Waals surface area contributed by atoms with Crippen LogP contribution in [0.1, 0.15) is 25.0 Å². The largest absolute Gasteiger partial charge is 0.352 e. The number of nitrogens with one attached hydrogen (secondary N) is 1. The molecule has 1 atom stereocenters. The van der Waals surface area contributed by atoms with Crippen LogP contribution in [0.5, 0.6) is 0 Å². The van der Waals surface area contributed by atoms with Gasteiger partial charge in [0, 0.05) is 27.1 Å². The van der Waals surface area contributed by atoms with Gasteiger partial charge >= 0.3 is 0 Å². The zero-order valence-electron chi connectivity index (χ0n) is 21.5. The van der Waals surface area contributed by atoms with Gasteiger partial charge < -0.3 is 10.2 Å². The Morgan fingerprint density at radius 3 is 2.08 bits per heavy atom. The second kappa shape index (κ2) is 13.6. The van der Waals surface area contributed by atoms with E-state index < -0.39 is 28.5 Å². The maximum absolute atomic E-state index is 14.0. The number of rotatable bonds is 11. The van der Waals surface area contributed by atoms with Gasteiger partial charge in [0.25, 0.3) is 0 Å². The number of nitrogens with zero attached hydrogens (tertiary/aromatic N) is 2. The second-order valence-electron chi connectivity index (χ2n) is 9.26. The fourth-order valence-electron chi connectivity index (χ4n) is 3.94. The van der Waals surface area contributed by atoms with Crippen molar-refractivity contribution in [3.63, 3.8) is 0 Å². The highest BCUT2D eigenvalue weighted by atomic mass is 127. The lowest BCUT2D eigenvalue weighted by molar-refractivity contribution is -0.140. The van der Waals surface area contributed by atoms with Gasteiger partial charge in [-0.2, -0.15) is 0 Å². The normalized spacial score (nSPS) is 12.2. The molecule has 0 bridgehead atoms. The third-order valence-electron chi connectivity index (χ3n) is 5.76. The Morgan fingerprint density at radius 1 is 0.921 bits per heavy atom. The first kappa shape index (κ1) is 30.1. The molecule has 0 aromatic heterocycles. The predicted octanol–water partition coefficient (Wildman–Crippen LogP) is 4.98. The van der Waals surface area contributed by atoms with Crippen molar-refractivity contribution >= 4 is 66.0 Å². The number of sulfonamides is 1. The molecule has 2 amide bonds. The Bertz CT molecular complexity index is 1330. The van der Waals surface area contributed by atoms with E-state index in [-0.39, 0.29) is 24.9 Å². The topological polar surface area (TPSA) is 86.8 Å². The van der Waals surface area contributed by atoms with Gasteiger partial charge in [0.15, 0.2) is 0 Å². The van der Waals surface area contributed by atoms with Crippen molar-refractivity contribution in [2.45, 2.75) is 38.9 Å². The first-order chi connectivity index (χ1) is 17.9. The van der Waals surface area contributed by atoms with Crippen molar-refractivity contribution in [2.75, 3.05) is 17.1 Å². The lowest BCUT2D eigenvalue weighted by Gasteiger charge is -2.34. The molecule has 0 aliphatic carbocycles. The average molecular weight is 712 g/mol. The van der Waals surface area contributed by atoms with Gasteiger partial charge in [-0.05, 0) is 84.0 Å². The summed E-state index contributed by atoms with van der Waals surface area (Å²) < 4.78 is 28.5. The molecule has 38 heavy (non-hydrogen) atoms. The lowest BCUT2D eigenvalue weighted by Crippen LogP contribution is -2.54. The maximum Gasteiger partial charge on any atom is 0.244 e. The Balaban J connectivity index is 2.04. The number of amides is 2. The number of anilines is 1. The summed E-state index contributed by atoms with van der Waals surface area (Å²) in [6.45, 7) is 3.43. The zero-order valence-corrected chi connectivity index (χ0v) is 26.0. The van der Waals surface area contributed by atoms with E-state index in [0.717, 1.165) is 29.7 Å². The SMILES string of the molecule is CC(C)NC(=O)[C@H](Cc1ccccc1)N(Cc1ccc(Br)cc1)C(=O)CN(c1ccc(I)cc1)S(C)(=O)=O. The minimum absolute atomic E-state index is 0.135. The highest BCUT2D eigenvalue weighted by molar-refractivity contribution is 14.1. The highest BCUT2D eigenvalue weighted by Crippen LogP contribution is 2.22. The van der Waals surface area contributed by atoms with Gasteiger partial charge in [0.2, 0.25) is 21.8 Å². The molecule has 0 unspecified atom stereocenters. The Hall–Kier alpha value is -2.44. The van der Waals surface area contributed by atoms with Crippen molar-refractivity contribution < 1.29 is 18.0 Å². The number of carbonyl (C=O) groups excluding carboxylic acids is 2. The van der Waals surface area contributed by atoms with E-state index in [1.54, 1.807) is 24.3 Å². The van der Waals surface area contributed by atoms with Crippen LogP contribution in [0.2, 0.25) is 0 Å². The zero-order chi connectivity index (χ0) is 27.9. The molecule has 7 nitrogen and oxygen atoms in total. The monoisotopic (exact) mass is 711 g/mol. The van der Waals surface area contributed by atoms with Crippen LogP contribution in [-0.2, 0) is 32.6 Å². The standard InChI is InChI=1S/C28H31BrIN3O4S/c1-20(2)31-28(35)26(17-21-7-5-4-6-8-21)32(18-22-9-11-23(29)12-10-22)27(34)19-33(38(3,36)37)25-15-13-24(30)14-16-25/h4-16,20,26H,17-19H2,1-3H3,(H,31,35)/t26-/m0/s1. The van der Waals surface area contributed by atoms with E-state index in [1.165, 1.54) is 4.90 Å². The van der Waals surface area contributed by atoms with Crippen LogP contribution in [0.15, 0.2) is 83.3 Å². The smallest absolute Gasteiger partial charge is 0.244 e. The molecule has 3 aromatic carbocycles. The molecular weight excluding hydrogens is 681 g/mol. The van der Waals surface area contributed by atoms with E-state index in [4.69, 9.17) is 0 Å². The van der Waals surface area contributed by atoms with Crippen LogP contribution in [-0.4, -0.2) is 50.0 Å². The summed E-state index contributed by atoms with van der Waals surface area (Å²) in [7, 11) is -3.79. The number of carbonyl (C=O) groups is 2. The minimum Gasteiger partial charge on any atom is -0.352 e. The minimum atomic E-state index is -3.79. The van der Waals surface area contributed by atoms with Crippen LogP contribution in [0.25, 0.3) is 0 Å². The summed E-state index contributed by atoms with van der Waals surface area (Å²) in [5.41, 5.74) is 2.09. The van der Waals surface area contributed by atoms with Gasteiger partial charge in [-0.15, -0.1) is 0 Å². The van der Waals surface area contributed by atoms with E-state index in [1.807, 2.05) is 68.4 Å². The average Bonchev–Trinajstić information content (AvgIpc) is 2.86. The summed E-state index contributed by atoms with van der Waals surface area (Å²) in [6.07, 6.45) is 1.36. The fraction of sp³-hybridized carbons (Fsp3) is 0.286. The third kappa shape index (κ3) is 8.81. The molecular formula is C28H31BrIN3O4S. The summed E-state index contributed by atoms with van der Waals surface area (Å²) in [4.78, 5) is 28.9. The quantitative estimate of drug-likeness (QED) is 0.285. The summed E-state index contributed by atoms with van der Waals surface area (Å²) in [6, 6.07) is 22.9. The molecule has 202 valence electrons. The van der Waals surface area contributed by atoms with Crippen molar-refractivity contribution in [1.82, 2.24) is 10.2 Å². The Morgan fingerprint density at radius 2 is 1.53 bits per heavy atom. The Labute approximate surface area is 246 Å². The van der Waals surface area contributed by atoms with Gasteiger partial charge in [-0.3, -0.25) is 13.9 Å². The molecule has 3 aromatic rings. The van der Waals surface area contributed by atoms with Crippen LogP contribution in [0.3, 0.4) is 0 Å². The number of benzene rings is 3. The van der Waals surface area contributed by atoms with Gasteiger partial charge in [0.05, 0.1) is 11.9 Å². The van der Waals surface area contributed by atoms with Crippen LogP contribution in [0.4, 0.5) is 5.69 Å². The first-order valence-corrected chi connectivity index (χ1v) is 15.8. The second-order valence-corrected chi connectivity index (χ2v) is 13.3. The molecule has 0 saturated heterocycles. The van der Waals surface area contributed by atoms with Crippen molar-refractivity contribution in [1.29, 1.82) is 0 Å². The molecule has 0 radical (unpaired) electrons. The van der Waals surface area contributed by atoms with E-state index >= 15 is 0 Å². The molecule has 0 saturated carbocycles. The van der Waals surface area contributed by atoms with Crippen LogP contribution >= 0.6 is 38.5 Å². The molecule has 0 aliphatic heterocycles. The molecule has 0 heterocycles. The van der Waals surface area contributed by atoms with Crippen LogP contribution in [0, 0.1) is 3.57 Å². The van der Waals surface area contributed by atoms with E-state index in [2.05, 4.69) is 43.8 Å². The van der Waals surface area contributed by atoms with Crippen LogP contribution < -0.4 is 9.62 Å². The number of hydrogen-bond donors (Lipinski definition) is 1. The van der Waals surface area contributed by atoms with Crippen molar-refractivity contribution in [3.8, 4) is 0 Å². The van der Waals surface area contributed by atoms with Gasteiger partial charge in [-0.1, -0.05) is 58.4 Å². The summed E-state index contributed by atoms with van der Waals surface area (Å²) in [5, 5.41) is 2.94. The lowest BCUT2D eigenvalue weighted by atomic mass is 10.0. The predicted molar refractivity (Wildman–Crippen MR) is 163 cm³/mol.